The smallest absolute Gasteiger partial charge is 0.315 e. The van der Waals surface area contributed by atoms with Crippen LogP contribution in [0.3, 0.4) is 0 Å². The highest BCUT2D eigenvalue weighted by Crippen LogP contribution is 2.13. The van der Waals surface area contributed by atoms with E-state index in [0.29, 0.717) is 25.2 Å². The molecule has 1 saturated heterocycles. The van der Waals surface area contributed by atoms with E-state index in [9.17, 15) is 9.59 Å². The fourth-order valence-corrected chi connectivity index (χ4v) is 2.65. The quantitative estimate of drug-likeness (QED) is 0.789. The zero-order chi connectivity index (χ0) is 16.7. The third kappa shape index (κ3) is 5.23. The Morgan fingerprint density at radius 2 is 2.17 bits per heavy atom. The Morgan fingerprint density at radius 3 is 2.87 bits per heavy atom. The van der Waals surface area contributed by atoms with Crippen LogP contribution >= 0.6 is 0 Å². The minimum absolute atomic E-state index is 0.0172. The Balaban J connectivity index is 1.76. The van der Waals surface area contributed by atoms with Crippen LogP contribution in [0.2, 0.25) is 0 Å². The van der Waals surface area contributed by atoms with Crippen molar-refractivity contribution in [1.82, 2.24) is 20.5 Å². The minimum Gasteiger partial charge on any atom is -0.338 e. The summed E-state index contributed by atoms with van der Waals surface area (Å²) in [7, 11) is 0. The lowest BCUT2D eigenvalue weighted by molar-refractivity contribution is 0.0789. The summed E-state index contributed by atoms with van der Waals surface area (Å²) in [4.78, 5) is 30.1. The van der Waals surface area contributed by atoms with Crippen molar-refractivity contribution in [1.29, 1.82) is 0 Å². The Morgan fingerprint density at radius 1 is 1.35 bits per heavy atom. The van der Waals surface area contributed by atoms with Crippen LogP contribution in [0.25, 0.3) is 0 Å². The van der Waals surface area contributed by atoms with Gasteiger partial charge in [-0.2, -0.15) is 0 Å². The first kappa shape index (κ1) is 17.2. The first-order chi connectivity index (χ1) is 11.1. The normalized spacial score (nSPS) is 17.1. The van der Waals surface area contributed by atoms with Crippen LogP contribution in [0.4, 0.5) is 4.79 Å². The van der Waals surface area contributed by atoms with Gasteiger partial charge < -0.3 is 15.5 Å². The van der Waals surface area contributed by atoms with Gasteiger partial charge in [0.05, 0.1) is 5.56 Å². The van der Waals surface area contributed by atoms with Gasteiger partial charge >= 0.3 is 6.03 Å². The van der Waals surface area contributed by atoms with E-state index in [2.05, 4.69) is 22.5 Å². The topological polar surface area (TPSA) is 74.3 Å². The number of unbranched alkanes of at least 4 members (excludes halogenated alkanes) is 2. The Kier molecular flexibility index (Phi) is 6.38. The second kappa shape index (κ2) is 8.50. The van der Waals surface area contributed by atoms with E-state index in [0.717, 1.165) is 31.4 Å². The predicted molar refractivity (Wildman–Crippen MR) is 89.3 cm³/mol. The Hall–Kier alpha value is -2.11. The molecule has 6 nitrogen and oxygen atoms in total. The van der Waals surface area contributed by atoms with Gasteiger partial charge in [-0.1, -0.05) is 19.8 Å². The number of carbonyl (C=O) groups is 2. The molecule has 0 saturated carbocycles. The average Bonchev–Trinajstić information content (AvgIpc) is 3.00. The van der Waals surface area contributed by atoms with Crippen LogP contribution in [0.15, 0.2) is 18.3 Å². The maximum absolute atomic E-state index is 12.4. The molecule has 1 unspecified atom stereocenters. The lowest BCUT2D eigenvalue weighted by Gasteiger charge is -2.17. The molecule has 126 valence electrons. The molecule has 1 aromatic rings. The van der Waals surface area contributed by atoms with Crippen LogP contribution in [-0.2, 0) is 0 Å². The third-order valence-electron chi connectivity index (χ3n) is 4.03. The Labute approximate surface area is 137 Å². The molecule has 6 heteroatoms. The fraction of sp³-hybridized carbons (Fsp3) is 0.588. The highest BCUT2D eigenvalue weighted by Gasteiger charge is 2.27. The number of hydrogen-bond donors (Lipinski definition) is 2. The molecule has 0 aromatic carbocycles. The van der Waals surface area contributed by atoms with Crippen molar-refractivity contribution in [2.24, 2.45) is 0 Å². The standard InChI is InChI=1S/C17H26N4O2/c1-3-4-5-9-18-17(23)20-15-8-10-21(12-15)16(22)14-7-6-13(2)19-11-14/h6-7,11,15H,3-5,8-10,12H2,1-2H3,(H2,18,20,23). The van der Waals surface area contributed by atoms with E-state index in [1.165, 1.54) is 0 Å². The summed E-state index contributed by atoms with van der Waals surface area (Å²) in [6.45, 7) is 5.93. The van der Waals surface area contributed by atoms with E-state index in [1.54, 1.807) is 17.2 Å². The summed E-state index contributed by atoms with van der Waals surface area (Å²) in [5.74, 6) is -0.0230. The molecule has 1 aliphatic heterocycles. The first-order valence-corrected chi connectivity index (χ1v) is 8.36. The Bertz CT molecular complexity index is 530. The van der Waals surface area contributed by atoms with Gasteiger partial charge in [0.2, 0.25) is 0 Å². The van der Waals surface area contributed by atoms with E-state index in [4.69, 9.17) is 0 Å². The molecule has 2 rings (SSSR count). The number of nitrogens with one attached hydrogen (secondary N) is 2. The molecule has 0 spiro atoms. The summed E-state index contributed by atoms with van der Waals surface area (Å²) >= 11 is 0. The molecule has 2 heterocycles. The van der Waals surface area contributed by atoms with Gasteiger partial charge in [0, 0.05) is 37.6 Å². The van der Waals surface area contributed by atoms with Crippen molar-refractivity contribution >= 4 is 11.9 Å². The number of hydrogen-bond acceptors (Lipinski definition) is 3. The monoisotopic (exact) mass is 318 g/mol. The van der Waals surface area contributed by atoms with Crippen LogP contribution in [0.5, 0.6) is 0 Å². The van der Waals surface area contributed by atoms with Crippen molar-refractivity contribution in [3.63, 3.8) is 0 Å². The number of pyridine rings is 1. The van der Waals surface area contributed by atoms with Crippen LogP contribution < -0.4 is 10.6 Å². The van der Waals surface area contributed by atoms with Gasteiger partial charge in [-0.25, -0.2) is 4.79 Å². The van der Waals surface area contributed by atoms with Crippen molar-refractivity contribution < 1.29 is 9.59 Å². The summed E-state index contributed by atoms with van der Waals surface area (Å²) in [5, 5.41) is 5.80. The number of rotatable bonds is 6. The first-order valence-electron chi connectivity index (χ1n) is 8.36. The van der Waals surface area contributed by atoms with E-state index >= 15 is 0 Å². The molecule has 2 N–H and O–H groups in total. The zero-order valence-electron chi connectivity index (χ0n) is 14.0. The van der Waals surface area contributed by atoms with Gasteiger partial charge in [-0.15, -0.1) is 0 Å². The molecular formula is C17H26N4O2. The summed E-state index contributed by atoms with van der Waals surface area (Å²) < 4.78 is 0. The zero-order valence-corrected chi connectivity index (χ0v) is 14.0. The van der Waals surface area contributed by atoms with Crippen LogP contribution in [0, 0.1) is 6.92 Å². The van der Waals surface area contributed by atoms with Gasteiger partial charge in [0.15, 0.2) is 0 Å². The SMILES string of the molecule is CCCCCNC(=O)NC1CCN(C(=O)c2ccc(C)nc2)C1. The summed E-state index contributed by atoms with van der Waals surface area (Å²) in [6, 6.07) is 3.51. The number of carbonyl (C=O) groups excluding carboxylic acids is 2. The van der Waals surface area contributed by atoms with E-state index in [1.807, 2.05) is 13.0 Å². The molecule has 23 heavy (non-hydrogen) atoms. The van der Waals surface area contributed by atoms with Crippen molar-refractivity contribution in [2.45, 2.75) is 45.6 Å². The van der Waals surface area contributed by atoms with Gasteiger partial charge in [-0.3, -0.25) is 9.78 Å². The maximum Gasteiger partial charge on any atom is 0.315 e. The second-order valence-corrected chi connectivity index (χ2v) is 6.03. The summed E-state index contributed by atoms with van der Waals surface area (Å²) in [5.41, 5.74) is 1.49. The highest BCUT2D eigenvalue weighted by atomic mass is 16.2. The number of likely N-dealkylation sites (tertiary alicyclic amines) is 1. The molecule has 0 aliphatic carbocycles. The number of urea groups is 1. The summed E-state index contributed by atoms with van der Waals surface area (Å²) in [6.07, 6.45) is 5.65. The molecule has 1 aliphatic rings. The van der Waals surface area contributed by atoms with Crippen LogP contribution in [0.1, 0.15) is 48.7 Å². The van der Waals surface area contributed by atoms with Crippen LogP contribution in [-0.4, -0.2) is 47.5 Å². The third-order valence-corrected chi connectivity index (χ3v) is 4.03. The average molecular weight is 318 g/mol. The number of aryl methyl sites for hydroxylation is 1. The van der Waals surface area contributed by atoms with Gasteiger partial charge in [0.1, 0.15) is 0 Å². The number of nitrogens with zero attached hydrogens (tertiary/aromatic N) is 2. The lowest BCUT2D eigenvalue weighted by atomic mass is 10.2. The molecule has 1 fully saturated rings. The van der Waals surface area contributed by atoms with E-state index in [-0.39, 0.29) is 18.0 Å². The second-order valence-electron chi connectivity index (χ2n) is 6.03. The molecule has 1 aromatic heterocycles. The molecule has 1 atom stereocenters. The lowest BCUT2D eigenvalue weighted by Crippen LogP contribution is -2.44. The number of amides is 3. The molecule has 3 amide bonds. The molecule has 0 radical (unpaired) electrons. The number of aromatic nitrogens is 1. The fourth-order valence-electron chi connectivity index (χ4n) is 2.65. The molecular weight excluding hydrogens is 292 g/mol. The maximum atomic E-state index is 12.4. The van der Waals surface area contributed by atoms with Gasteiger partial charge in [-0.05, 0) is 31.9 Å². The van der Waals surface area contributed by atoms with E-state index < -0.39 is 0 Å². The highest BCUT2D eigenvalue weighted by molar-refractivity contribution is 5.94. The predicted octanol–water partition coefficient (Wildman–Crippen LogP) is 2.09. The molecule has 0 bridgehead atoms. The largest absolute Gasteiger partial charge is 0.338 e. The van der Waals surface area contributed by atoms with Gasteiger partial charge in [0.25, 0.3) is 5.91 Å². The minimum atomic E-state index is -0.141. The van der Waals surface area contributed by atoms with Crippen molar-refractivity contribution in [2.75, 3.05) is 19.6 Å². The van der Waals surface area contributed by atoms with Crippen molar-refractivity contribution in [3.05, 3.63) is 29.6 Å². The van der Waals surface area contributed by atoms with Crippen molar-refractivity contribution in [3.8, 4) is 0 Å².